The van der Waals surface area contributed by atoms with Gasteiger partial charge in [0.25, 0.3) is 0 Å². The molecule has 2 nitrogen and oxygen atoms in total. The zero-order chi connectivity index (χ0) is 9.61. The zero-order valence-corrected chi connectivity index (χ0v) is 8.89. The maximum absolute atomic E-state index is 5.89. The van der Waals surface area contributed by atoms with Gasteiger partial charge in [-0.2, -0.15) is 0 Å². The minimum atomic E-state index is -0.00857. The highest BCUT2D eigenvalue weighted by Crippen LogP contribution is 2.17. The molecule has 0 aromatic rings. The average Bonchev–Trinajstić information content (AvgIpc) is 2.02. The Morgan fingerprint density at radius 3 is 2.33 bits per heavy atom. The summed E-state index contributed by atoms with van der Waals surface area (Å²) in [6.45, 7) is 6.37. The van der Waals surface area contributed by atoms with E-state index in [1.165, 1.54) is 6.42 Å². The molecular weight excluding hydrogens is 150 g/mol. The van der Waals surface area contributed by atoms with Crippen molar-refractivity contribution in [3.05, 3.63) is 0 Å². The third-order valence-corrected chi connectivity index (χ3v) is 2.33. The summed E-state index contributed by atoms with van der Waals surface area (Å²) in [4.78, 5) is 0. The molecule has 1 unspecified atom stereocenters. The Balaban J connectivity index is 3.52. The monoisotopic (exact) mass is 173 g/mol. The Bertz CT molecular complexity index is 112. The van der Waals surface area contributed by atoms with E-state index in [-0.39, 0.29) is 5.60 Å². The van der Waals surface area contributed by atoms with Gasteiger partial charge in [0.15, 0.2) is 0 Å². The van der Waals surface area contributed by atoms with Gasteiger partial charge in [-0.3, -0.25) is 0 Å². The minimum absolute atomic E-state index is 0.00857. The molecule has 0 saturated carbocycles. The molecule has 0 aliphatic carbocycles. The quantitative estimate of drug-likeness (QED) is 0.669. The first-order chi connectivity index (χ1) is 5.52. The molecule has 0 spiro atoms. The van der Waals surface area contributed by atoms with Crippen molar-refractivity contribution >= 4 is 0 Å². The van der Waals surface area contributed by atoms with E-state index in [0.29, 0.717) is 6.04 Å². The topological polar surface area (TPSA) is 35.2 Å². The molecular formula is C10H23NO. The van der Waals surface area contributed by atoms with E-state index < -0.39 is 0 Å². The molecule has 0 radical (unpaired) electrons. The average molecular weight is 173 g/mol. The Morgan fingerprint density at radius 1 is 1.33 bits per heavy atom. The first kappa shape index (κ1) is 11.9. The number of rotatable bonds is 6. The fourth-order valence-corrected chi connectivity index (χ4v) is 1.15. The third kappa shape index (κ3) is 5.56. The van der Waals surface area contributed by atoms with E-state index in [1.807, 2.05) is 0 Å². The fourth-order valence-electron chi connectivity index (χ4n) is 1.15. The number of hydrogen-bond acceptors (Lipinski definition) is 2. The summed E-state index contributed by atoms with van der Waals surface area (Å²) in [5, 5.41) is 0. The van der Waals surface area contributed by atoms with E-state index in [0.717, 1.165) is 19.3 Å². The van der Waals surface area contributed by atoms with Crippen LogP contribution in [0.5, 0.6) is 0 Å². The molecule has 12 heavy (non-hydrogen) atoms. The van der Waals surface area contributed by atoms with Crippen LogP contribution in [0.3, 0.4) is 0 Å². The van der Waals surface area contributed by atoms with E-state index in [4.69, 9.17) is 10.5 Å². The lowest BCUT2D eigenvalue weighted by Gasteiger charge is -2.24. The summed E-state index contributed by atoms with van der Waals surface area (Å²) >= 11 is 0. The van der Waals surface area contributed by atoms with Crippen molar-refractivity contribution in [3.8, 4) is 0 Å². The maximum Gasteiger partial charge on any atom is 0.0623 e. The van der Waals surface area contributed by atoms with Crippen molar-refractivity contribution in [2.45, 2.75) is 58.1 Å². The predicted molar refractivity (Wildman–Crippen MR) is 53.2 cm³/mol. The summed E-state index contributed by atoms with van der Waals surface area (Å²) in [6, 6.07) is 0.351. The highest BCUT2D eigenvalue weighted by Gasteiger charge is 2.17. The number of ether oxygens (including phenoxy) is 1. The first-order valence-corrected chi connectivity index (χ1v) is 4.82. The molecule has 0 aromatic heterocycles. The molecule has 2 heteroatoms. The van der Waals surface area contributed by atoms with Crippen molar-refractivity contribution in [1.29, 1.82) is 0 Å². The highest BCUT2D eigenvalue weighted by molar-refractivity contribution is 4.71. The summed E-state index contributed by atoms with van der Waals surface area (Å²) in [7, 11) is 1.76. The standard InChI is InChI=1S/C10H23NO/c1-5-6-9(11)7-8-10(2,3)12-4/h9H,5-8,11H2,1-4H3. The molecule has 1 atom stereocenters. The molecule has 2 N–H and O–H groups in total. The third-order valence-electron chi connectivity index (χ3n) is 2.33. The number of hydrogen-bond donors (Lipinski definition) is 1. The molecule has 0 fully saturated rings. The van der Waals surface area contributed by atoms with Gasteiger partial charge in [0.2, 0.25) is 0 Å². The van der Waals surface area contributed by atoms with Gasteiger partial charge in [0.05, 0.1) is 5.60 Å². The van der Waals surface area contributed by atoms with Crippen LogP contribution in [0.2, 0.25) is 0 Å². The van der Waals surface area contributed by atoms with Gasteiger partial charge in [0.1, 0.15) is 0 Å². The molecule has 0 heterocycles. The van der Waals surface area contributed by atoms with Crippen LogP contribution in [0.4, 0.5) is 0 Å². The molecule has 0 saturated heterocycles. The molecule has 0 bridgehead atoms. The smallest absolute Gasteiger partial charge is 0.0623 e. The lowest BCUT2D eigenvalue weighted by molar-refractivity contribution is 0.0123. The van der Waals surface area contributed by atoms with Crippen molar-refractivity contribution in [2.75, 3.05) is 7.11 Å². The molecule has 0 aliphatic heterocycles. The van der Waals surface area contributed by atoms with E-state index >= 15 is 0 Å². The van der Waals surface area contributed by atoms with Crippen LogP contribution in [0, 0.1) is 0 Å². The lowest BCUT2D eigenvalue weighted by Crippen LogP contribution is -2.27. The van der Waals surface area contributed by atoms with Crippen molar-refractivity contribution in [1.82, 2.24) is 0 Å². The summed E-state index contributed by atoms with van der Waals surface area (Å²) in [5.41, 5.74) is 5.88. The van der Waals surface area contributed by atoms with Crippen LogP contribution in [0.15, 0.2) is 0 Å². The Labute approximate surface area is 76.5 Å². The largest absolute Gasteiger partial charge is 0.379 e. The highest BCUT2D eigenvalue weighted by atomic mass is 16.5. The van der Waals surface area contributed by atoms with Crippen molar-refractivity contribution < 1.29 is 4.74 Å². The van der Waals surface area contributed by atoms with Gasteiger partial charge in [-0.05, 0) is 33.1 Å². The van der Waals surface area contributed by atoms with Gasteiger partial charge < -0.3 is 10.5 Å². The first-order valence-electron chi connectivity index (χ1n) is 4.82. The van der Waals surface area contributed by atoms with E-state index in [1.54, 1.807) is 7.11 Å². The van der Waals surface area contributed by atoms with Gasteiger partial charge in [-0.1, -0.05) is 13.3 Å². The second kappa shape index (κ2) is 5.55. The van der Waals surface area contributed by atoms with Gasteiger partial charge >= 0.3 is 0 Å². The predicted octanol–water partition coefficient (Wildman–Crippen LogP) is 2.32. The van der Waals surface area contributed by atoms with Crippen LogP contribution in [-0.2, 0) is 4.74 Å². The van der Waals surface area contributed by atoms with Gasteiger partial charge in [-0.15, -0.1) is 0 Å². The van der Waals surface area contributed by atoms with Crippen LogP contribution in [0.25, 0.3) is 0 Å². The van der Waals surface area contributed by atoms with Gasteiger partial charge in [0, 0.05) is 13.2 Å². The van der Waals surface area contributed by atoms with E-state index in [2.05, 4.69) is 20.8 Å². The summed E-state index contributed by atoms with van der Waals surface area (Å²) in [6.07, 6.45) is 4.41. The Hall–Kier alpha value is -0.0800. The van der Waals surface area contributed by atoms with Crippen LogP contribution in [0.1, 0.15) is 46.5 Å². The Kier molecular flexibility index (Phi) is 5.51. The van der Waals surface area contributed by atoms with E-state index in [9.17, 15) is 0 Å². The molecule has 74 valence electrons. The maximum atomic E-state index is 5.89. The van der Waals surface area contributed by atoms with Crippen LogP contribution >= 0.6 is 0 Å². The van der Waals surface area contributed by atoms with Gasteiger partial charge in [-0.25, -0.2) is 0 Å². The normalized spacial score (nSPS) is 14.8. The zero-order valence-electron chi connectivity index (χ0n) is 8.89. The fraction of sp³-hybridized carbons (Fsp3) is 1.00. The molecule has 0 rings (SSSR count). The Morgan fingerprint density at radius 2 is 1.92 bits per heavy atom. The minimum Gasteiger partial charge on any atom is -0.379 e. The summed E-state index contributed by atoms with van der Waals surface area (Å²) < 4.78 is 5.31. The number of nitrogens with two attached hydrogens (primary N) is 1. The van der Waals surface area contributed by atoms with Crippen LogP contribution < -0.4 is 5.73 Å². The summed E-state index contributed by atoms with van der Waals surface area (Å²) in [5.74, 6) is 0. The molecule has 0 aromatic carbocycles. The van der Waals surface area contributed by atoms with Crippen molar-refractivity contribution in [3.63, 3.8) is 0 Å². The SMILES string of the molecule is CCCC(N)CCC(C)(C)OC. The second-order valence-corrected chi connectivity index (χ2v) is 4.05. The molecule has 0 aliphatic rings. The molecule has 0 amide bonds. The number of methoxy groups -OCH3 is 1. The van der Waals surface area contributed by atoms with Crippen molar-refractivity contribution in [2.24, 2.45) is 5.73 Å². The van der Waals surface area contributed by atoms with Crippen LogP contribution in [-0.4, -0.2) is 18.8 Å². The second-order valence-electron chi connectivity index (χ2n) is 4.05. The lowest BCUT2D eigenvalue weighted by atomic mass is 9.97.